The summed E-state index contributed by atoms with van der Waals surface area (Å²) < 4.78 is 19.5. The predicted molar refractivity (Wildman–Crippen MR) is 126 cm³/mol. The van der Waals surface area contributed by atoms with E-state index in [0.717, 1.165) is 18.4 Å². The van der Waals surface area contributed by atoms with Crippen molar-refractivity contribution in [3.8, 4) is 16.2 Å². The summed E-state index contributed by atoms with van der Waals surface area (Å²) in [7, 11) is 0. The second-order valence-corrected chi connectivity index (χ2v) is 10.1. The fourth-order valence-corrected chi connectivity index (χ4v) is 6.02. The minimum atomic E-state index is -0.387. The lowest BCUT2D eigenvalue weighted by Gasteiger charge is -2.27. The molecule has 0 unspecified atom stereocenters. The molecule has 34 heavy (non-hydrogen) atoms. The van der Waals surface area contributed by atoms with Gasteiger partial charge in [0.2, 0.25) is 0 Å². The molecule has 2 aromatic carbocycles. The number of hydrogen-bond donors (Lipinski definition) is 2. The Balaban J connectivity index is 1.22. The zero-order chi connectivity index (χ0) is 23.4. The fourth-order valence-electron chi connectivity index (χ4n) is 5.20. The number of fused-ring (bicyclic) bond motifs is 2. The predicted octanol–water partition coefficient (Wildman–Crippen LogP) is 3.36. The van der Waals surface area contributed by atoms with Crippen LogP contribution in [-0.2, 0) is 6.42 Å². The van der Waals surface area contributed by atoms with E-state index in [1.807, 2.05) is 12.1 Å². The highest BCUT2D eigenvalue weighted by atomic mass is 32.1. The van der Waals surface area contributed by atoms with Crippen molar-refractivity contribution >= 4 is 28.3 Å². The van der Waals surface area contributed by atoms with Gasteiger partial charge in [-0.3, -0.25) is 9.59 Å². The molecule has 2 fully saturated rings. The van der Waals surface area contributed by atoms with Crippen molar-refractivity contribution in [2.45, 2.75) is 18.9 Å². The van der Waals surface area contributed by atoms with Crippen molar-refractivity contribution in [3.05, 3.63) is 65.1 Å². The highest BCUT2D eigenvalue weighted by Gasteiger charge is 2.54. The molecule has 1 aromatic heterocycles. The van der Waals surface area contributed by atoms with Gasteiger partial charge < -0.3 is 20.7 Å². The number of likely N-dealkylation sites (tertiary alicyclic amines) is 1. The summed E-state index contributed by atoms with van der Waals surface area (Å²) in [5, 5.41) is 3.28. The molecule has 0 radical (unpaired) electrons. The third kappa shape index (κ3) is 3.60. The van der Waals surface area contributed by atoms with Gasteiger partial charge in [-0.2, -0.15) is 0 Å². The minimum absolute atomic E-state index is 0.123. The summed E-state index contributed by atoms with van der Waals surface area (Å²) in [5.41, 5.74) is 8.32. The number of halogens is 1. The van der Waals surface area contributed by atoms with Gasteiger partial charge in [-0.25, -0.2) is 9.37 Å². The highest BCUT2D eigenvalue weighted by Crippen LogP contribution is 2.50. The number of rotatable bonds is 5. The molecule has 174 valence electrons. The number of nitrogens with one attached hydrogen (secondary N) is 1. The van der Waals surface area contributed by atoms with E-state index in [2.05, 4.69) is 10.3 Å². The van der Waals surface area contributed by atoms with E-state index < -0.39 is 0 Å². The smallest absolute Gasteiger partial charge is 0.274 e. The maximum atomic E-state index is 13.8. The van der Waals surface area contributed by atoms with Crippen molar-refractivity contribution in [1.82, 2.24) is 15.2 Å². The van der Waals surface area contributed by atoms with E-state index in [9.17, 15) is 14.0 Å². The Labute approximate surface area is 199 Å². The maximum absolute atomic E-state index is 13.8. The number of amides is 2. The Morgan fingerprint density at radius 1 is 1.26 bits per heavy atom. The summed E-state index contributed by atoms with van der Waals surface area (Å²) >= 11 is 1.17. The first-order chi connectivity index (χ1) is 16.5. The van der Waals surface area contributed by atoms with Gasteiger partial charge >= 0.3 is 0 Å². The van der Waals surface area contributed by atoms with Crippen molar-refractivity contribution in [3.63, 3.8) is 0 Å². The van der Waals surface area contributed by atoms with Crippen LogP contribution in [0.25, 0.3) is 10.4 Å². The Bertz CT molecular complexity index is 1310. The molecule has 0 spiro atoms. The Morgan fingerprint density at radius 3 is 2.97 bits per heavy atom. The Hall–Kier alpha value is -3.46. The SMILES string of the molecule is Nc1nc(C(=O)N2C[C@@H]3C[C@@H]3[C@H]2CNC(=O)c2cccc3c2OCC3)c(-c2cccc(F)c2)s1. The van der Waals surface area contributed by atoms with Gasteiger partial charge in [-0.15, -0.1) is 0 Å². The third-order valence-corrected chi connectivity index (χ3v) is 7.86. The number of anilines is 1. The molecule has 7 nitrogen and oxygen atoms in total. The molecule has 1 saturated carbocycles. The number of nitrogens with two attached hydrogens (primary N) is 1. The number of thiazole rings is 1. The quantitative estimate of drug-likeness (QED) is 0.586. The normalized spacial score (nSPS) is 22.1. The third-order valence-electron chi connectivity index (χ3n) is 6.93. The second-order valence-electron chi connectivity index (χ2n) is 9.03. The van der Waals surface area contributed by atoms with Gasteiger partial charge in [-0.1, -0.05) is 35.6 Å². The standard InChI is InChI=1S/C25H23FN4O3S/c26-16-5-1-4-14(9-16)22-20(29-25(27)34-22)24(32)30-12-15-10-18(15)19(30)11-28-23(31)17-6-2-3-13-7-8-33-21(13)17/h1-6,9,15,18-19H,7-8,10-12H2,(H2,27,29)(H,28,31)/t15-,18-,19+/m0/s1. The van der Waals surface area contributed by atoms with Crippen LogP contribution in [0.15, 0.2) is 42.5 Å². The Kier molecular flexibility index (Phi) is 5.02. The maximum Gasteiger partial charge on any atom is 0.274 e. The number of benzene rings is 2. The molecule has 3 atom stereocenters. The topological polar surface area (TPSA) is 97.5 Å². The van der Waals surface area contributed by atoms with Crippen LogP contribution in [0.1, 0.15) is 32.8 Å². The number of ether oxygens (including phenoxy) is 1. The lowest BCUT2D eigenvalue weighted by atomic mass is 10.1. The van der Waals surface area contributed by atoms with E-state index >= 15 is 0 Å². The van der Waals surface area contributed by atoms with Crippen LogP contribution >= 0.6 is 11.3 Å². The molecule has 3 heterocycles. The van der Waals surface area contributed by atoms with Crippen molar-refractivity contribution in [1.29, 1.82) is 0 Å². The van der Waals surface area contributed by atoms with Gasteiger partial charge in [0.25, 0.3) is 11.8 Å². The van der Waals surface area contributed by atoms with Gasteiger partial charge in [-0.05, 0) is 47.6 Å². The van der Waals surface area contributed by atoms with Crippen molar-refractivity contribution in [2.75, 3.05) is 25.4 Å². The first-order valence-electron chi connectivity index (χ1n) is 11.4. The first kappa shape index (κ1) is 21.1. The van der Waals surface area contributed by atoms with E-state index in [-0.39, 0.29) is 34.5 Å². The fraction of sp³-hybridized carbons (Fsp3) is 0.320. The number of carbonyl (C=O) groups excluding carboxylic acids is 2. The van der Waals surface area contributed by atoms with Crippen LogP contribution in [-0.4, -0.2) is 47.4 Å². The average molecular weight is 479 g/mol. The van der Waals surface area contributed by atoms with E-state index in [0.29, 0.717) is 53.3 Å². The molecule has 1 saturated heterocycles. The average Bonchev–Trinajstić information content (AvgIpc) is 3.16. The molecule has 3 aromatic rings. The van der Waals surface area contributed by atoms with Gasteiger partial charge in [0, 0.05) is 19.5 Å². The lowest BCUT2D eigenvalue weighted by molar-refractivity contribution is 0.0690. The van der Waals surface area contributed by atoms with E-state index in [1.54, 1.807) is 23.1 Å². The molecule has 3 aliphatic rings. The van der Waals surface area contributed by atoms with Crippen LogP contribution in [0.2, 0.25) is 0 Å². The second kappa shape index (κ2) is 8.09. The molecule has 9 heteroatoms. The lowest BCUT2D eigenvalue weighted by Crippen LogP contribution is -2.45. The summed E-state index contributed by atoms with van der Waals surface area (Å²) in [5.74, 6) is 0.624. The number of para-hydroxylation sites is 1. The largest absolute Gasteiger partial charge is 0.492 e. The molecule has 1 aliphatic carbocycles. The molecule has 2 aliphatic heterocycles. The molecule has 0 bridgehead atoms. The van der Waals surface area contributed by atoms with Crippen LogP contribution < -0.4 is 15.8 Å². The number of nitrogen functional groups attached to an aromatic ring is 1. The van der Waals surface area contributed by atoms with Crippen molar-refractivity contribution < 1.29 is 18.7 Å². The monoisotopic (exact) mass is 478 g/mol. The zero-order valence-corrected chi connectivity index (χ0v) is 19.1. The van der Waals surface area contributed by atoms with Crippen LogP contribution in [0.5, 0.6) is 5.75 Å². The molecular formula is C25H23FN4O3S. The molecule has 6 rings (SSSR count). The summed E-state index contributed by atoms with van der Waals surface area (Å²) in [6.45, 7) is 1.55. The summed E-state index contributed by atoms with van der Waals surface area (Å²) in [6, 6.07) is 11.6. The first-order valence-corrected chi connectivity index (χ1v) is 12.2. The molecular weight excluding hydrogens is 455 g/mol. The van der Waals surface area contributed by atoms with Gasteiger partial charge in [0.1, 0.15) is 17.3 Å². The zero-order valence-electron chi connectivity index (χ0n) is 18.3. The molecule has 3 N–H and O–H groups in total. The Morgan fingerprint density at radius 2 is 2.12 bits per heavy atom. The van der Waals surface area contributed by atoms with Gasteiger partial charge in [0.05, 0.1) is 23.1 Å². The van der Waals surface area contributed by atoms with Crippen LogP contribution in [0, 0.1) is 17.7 Å². The van der Waals surface area contributed by atoms with Crippen LogP contribution in [0.4, 0.5) is 9.52 Å². The summed E-state index contributed by atoms with van der Waals surface area (Å²) in [6.07, 6.45) is 1.85. The van der Waals surface area contributed by atoms with E-state index in [4.69, 9.17) is 10.5 Å². The van der Waals surface area contributed by atoms with Gasteiger partial charge in [0.15, 0.2) is 5.13 Å². The van der Waals surface area contributed by atoms with E-state index in [1.165, 1.54) is 23.5 Å². The van der Waals surface area contributed by atoms with Crippen molar-refractivity contribution in [2.24, 2.45) is 11.8 Å². The number of piperidine rings is 1. The highest BCUT2D eigenvalue weighted by molar-refractivity contribution is 7.19. The number of nitrogens with zero attached hydrogens (tertiary/aromatic N) is 2. The number of hydrogen-bond acceptors (Lipinski definition) is 6. The summed E-state index contributed by atoms with van der Waals surface area (Å²) in [4.78, 5) is 33.2. The number of carbonyl (C=O) groups is 2. The van der Waals surface area contributed by atoms with Crippen LogP contribution in [0.3, 0.4) is 0 Å². The molecule has 2 amide bonds. The minimum Gasteiger partial charge on any atom is -0.492 e. The number of aromatic nitrogens is 1.